The maximum atomic E-state index is 12.9. The molecule has 0 bridgehead atoms. The van der Waals surface area contributed by atoms with Gasteiger partial charge in [-0.1, -0.05) is 251 Å². The summed E-state index contributed by atoms with van der Waals surface area (Å²) in [4.78, 5) is 38.3. The van der Waals surface area contributed by atoms with Gasteiger partial charge in [0.15, 0.2) is 6.10 Å². The first-order valence-electron chi connectivity index (χ1n) is 31.2. The second kappa shape index (κ2) is 63.1. The van der Waals surface area contributed by atoms with Gasteiger partial charge in [0.1, 0.15) is 13.2 Å². The number of hydrogen-bond acceptors (Lipinski definition) is 6. The Morgan fingerprint density at radius 2 is 0.513 bits per heavy atom. The van der Waals surface area contributed by atoms with Crippen molar-refractivity contribution in [3.8, 4) is 0 Å². The predicted molar refractivity (Wildman–Crippen MR) is 329 cm³/mol. The molecule has 76 heavy (non-hydrogen) atoms. The van der Waals surface area contributed by atoms with E-state index in [-0.39, 0.29) is 31.1 Å². The van der Waals surface area contributed by atoms with Crippen molar-refractivity contribution >= 4 is 17.9 Å². The molecule has 430 valence electrons. The summed E-state index contributed by atoms with van der Waals surface area (Å²) in [6, 6.07) is 0. The number of esters is 3. The van der Waals surface area contributed by atoms with Crippen LogP contribution in [0.1, 0.15) is 271 Å². The summed E-state index contributed by atoms with van der Waals surface area (Å²) in [6.07, 6.45) is 88.7. The average Bonchev–Trinajstić information content (AvgIpc) is 3.42. The number of unbranched alkanes of at least 4 members (excludes halogenated alkanes) is 22. The Labute approximate surface area is 468 Å². The van der Waals surface area contributed by atoms with Gasteiger partial charge in [0.25, 0.3) is 0 Å². The molecule has 0 radical (unpaired) electrons. The summed E-state index contributed by atoms with van der Waals surface area (Å²) >= 11 is 0. The molecule has 0 aromatic heterocycles. The van der Waals surface area contributed by atoms with E-state index in [1.54, 1.807) is 0 Å². The highest BCUT2D eigenvalue weighted by Gasteiger charge is 2.19. The van der Waals surface area contributed by atoms with E-state index in [1.807, 2.05) is 0 Å². The van der Waals surface area contributed by atoms with Crippen molar-refractivity contribution in [2.45, 2.75) is 277 Å². The number of hydrogen-bond donors (Lipinski definition) is 0. The fraction of sp³-hybridized carbons (Fsp3) is 0.643. The summed E-state index contributed by atoms with van der Waals surface area (Å²) in [6.45, 7) is 6.38. The molecule has 0 amide bonds. The first-order valence-corrected chi connectivity index (χ1v) is 31.2. The monoisotopic (exact) mass is 1050 g/mol. The molecule has 6 heteroatoms. The van der Waals surface area contributed by atoms with E-state index < -0.39 is 6.10 Å². The highest BCUT2D eigenvalue weighted by atomic mass is 16.6. The maximum Gasteiger partial charge on any atom is 0.306 e. The van der Waals surface area contributed by atoms with E-state index in [0.29, 0.717) is 19.3 Å². The number of rotatable bonds is 55. The van der Waals surface area contributed by atoms with Crippen molar-refractivity contribution in [1.29, 1.82) is 0 Å². The summed E-state index contributed by atoms with van der Waals surface area (Å²) in [7, 11) is 0. The van der Waals surface area contributed by atoms with Crippen molar-refractivity contribution < 1.29 is 28.6 Å². The number of carbonyl (C=O) groups excluding carboxylic acids is 3. The number of ether oxygens (including phenoxy) is 3. The van der Waals surface area contributed by atoms with Crippen LogP contribution in [0.4, 0.5) is 0 Å². The second-order valence-electron chi connectivity index (χ2n) is 20.2. The van der Waals surface area contributed by atoms with Crippen LogP contribution < -0.4 is 0 Å². The lowest BCUT2D eigenvalue weighted by molar-refractivity contribution is -0.167. The second-order valence-corrected chi connectivity index (χ2v) is 20.2. The molecule has 1 atom stereocenters. The molecule has 0 heterocycles. The van der Waals surface area contributed by atoms with Gasteiger partial charge in [-0.25, -0.2) is 0 Å². The SMILES string of the molecule is CC/C=C\C/C=C\C/C=C\C/C=C\C/C=C\C/C=C\CCCCCCCCC(=O)OCC(COC(=O)CCCCCCC/C=C\CCCCCCCCC)OC(=O)CCCCCC/C=C\C/C=C\C/C=C\C/C=C\CC. The summed E-state index contributed by atoms with van der Waals surface area (Å²) in [5.41, 5.74) is 0. The van der Waals surface area contributed by atoms with Crippen molar-refractivity contribution in [3.63, 3.8) is 0 Å². The van der Waals surface area contributed by atoms with E-state index in [2.05, 4.69) is 154 Å². The Kier molecular flexibility index (Phi) is 59.4. The van der Waals surface area contributed by atoms with E-state index in [9.17, 15) is 14.4 Å². The van der Waals surface area contributed by atoms with Crippen LogP contribution in [0.3, 0.4) is 0 Å². The molecule has 0 aliphatic rings. The van der Waals surface area contributed by atoms with Crippen molar-refractivity contribution in [2.75, 3.05) is 13.2 Å². The molecule has 1 unspecified atom stereocenters. The summed E-state index contributed by atoms with van der Waals surface area (Å²) < 4.78 is 16.9. The highest BCUT2D eigenvalue weighted by Crippen LogP contribution is 2.14. The quantitative estimate of drug-likeness (QED) is 0.0261. The van der Waals surface area contributed by atoms with Gasteiger partial charge in [-0.3, -0.25) is 14.4 Å². The van der Waals surface area contributed by atoms with Crippen molar-refractivity contribution in [2.24, 2.45) is 0 Å². The van der Waals surface area contributed by atoms with Crippen LogP contribution in [-0.2, 0) is 28.6 Å². The topological polar surface area (TPSA) is 78.9 Å². The van der Waals surface area contributed by atoms with Crippen molar-refractivity contribution in [3.05, 3.63) is 134 Å². The third kappa shape index (κ3) is 60.4. The third-order valence-corrected chi connectivity index (χ3v) is 12.9. The number of allylic oxidation sites excluding steroid dienone is 22. The maximum absolute atomic E-state index is 12.9. The van der Waals surface area contributed by atoms with Crippen molar-refractivity contribution in [1.82, 2.24) is 0 Å². The lowest BCUT2D eigenvalue weighted by Crippen LogP contribution is -2.30. The first-order chi connectivity index (χ1) is 37.5. The highest BCUT2D eigenvalue weighted by molar-refractivity contribution is 5.71. The summed E-state index contributed by atoms with van der Waals surface area (Å²) in [5.74, 6) is -0.947. The molecule has 0 aliphatic carbocycles. The molecule has 0 rings (SSSR count). The minimum atomic E-state index is -0.807. The predicted octanol–water partition coefficient (Wildman–Crippen LogP) is 21.4. The fourth-order valence-electron chi connectivity index (χ4n) is 8.25. The fourth-order valence-corrected chi connectivity index (χ4v) is 8.25. The van der Waals surface area contributed by atoms with Gasteiger partial charge in [0, 0.05) is 19.3 Å². The van der Waals surface area contributed by atoms with Gasteiger partial charge < -0.3 is 14.2 Å². The lowest BCUT2D eigenvalue weighted by atomic mass is 10.1. The molecule has 0 aromatic carbocycles. The van der Waals surface area contributed by atoms with Gasteiger partial charge in [0.05, 0.1) is 0 Å². The average molecular weight is 1050 g/mol. The van der Waals surface area contributed by atoms with Crippen LogP contribution in [0.25, 0.3) is 0 Å². The molecule has 0 aliphatic heterocycles. The molecule has 0 spiro atoms. The van der Waals surface area contributed by atoms with Crippen LogP contribution in [0.2, 0.25) is 0 Å². The van der Waals surface area contributed by atoms with E-state index in [0.717, 1.165) is 161 Å². The van der Waals surface area contributed by atoms with Gasteiger partial charge in [0.2, 0.25) is 0 Å². The van der Waals surface area contributed by atoms with Gasteiger partial charge >= 0.3 is 17.9 Å². The van der Waals surface area contributed by atoms with Crippen LogP contribution in [0.5, 0.6) is 0 Å². The zero-order valence-corrected chi connectivity index (χ0v) is 49.2. The molecule has 0 fully saturated rings. The van der Waals surface area contributed by atoms with Crippen LogP contribution in [-0.4, -0.2) is 37.2 Å². The minimum Gasteiger partial charge on any atom is -0.462 e. The molecule has 0 saturated carbocycles. The Balaban J connectivity index is 4.46. The number of carbonyl (C=O) groups is 3. The minimum absolute atomic E-state index is 0.101. The third-order valence-electron chi connectivity index (χ3n) is 12.9. The Morgan fingerprint density at radius 1 is 0.276 bits per heavy atom. The molecule has 0 saturated heterocycles. The van der Waals surface area contributed by atoms with Gasteiger partial charge in [-0.05, 0) is 135 Å². The van der Waals surface area contributed by atoms with E-state index >= 15 is 0 Å². The van der Waals surface area contributed by atoms with Crippen LogP contribution >= 0.6 is 0 Å². The molecule has 0 N–H and O–H groups in total. The van der Waals surface area contributed by atoms with E-state index in [1.165, 1.54) is 70.6 Å². The Morgan fingerprint density at radius 3 is 0.816 bits per heavy atom. The molecular weight excluding hydrogens is 937 g/mol. The zero-order valence-electron chi connectivity index (χ0n) is 49.2. The summed E-state index contributed by atoms with van der Waals surface area (Å²) in [5, 5.41) is 0. The van der Waals surface area contributed by atoms with Gasteiger partial charge in [-0.2, -0.15) is 0 Å². The smallest absolute Gasteiger partial charge is 0.306 e. The van der Waals surface area contributed by atoms with Crippen LogP contribution in [0, 0.1) is 0 Å². The molecule has 0 aromatic rings. The lowest BCUT2D eigenvalue weighted by Gasteiger charge is -2.18. The van der Waals surface area contributed by atoms with Gasteiger partial charge in [-0.15, -0.1) is 0 Å². The Bertz CT molecular complexity index is 1630. The standard InChI is InChI=1S/C70H114O6/c1-4-7-10-13-16-19-22-25-28-31-32-33-34-35-36-37-38-40-42-45-48-51-54-57-60-63-69(72)75-66-67(65-74-68(71)62-59-56-53-50-47-44-41-30-27-24-21-18-15-12-9-6-3)76-70(73)64-61-58-55-52-49-46-43-39-29-26-23-20-17-14-11-8-5-2/h7-8,10-11,16-17,19-20,25-26,28-30,32-33,35-36,38,40-41,43,46,67H,4-6,9,12-15,18,21-24,27,31,34,37,39,42,44-45,47-66H2,1-3H3/b10-7-,11-8-,19-16-,20-17-,28-25-,29-26-,33-32-,36-35-,40-38-,41-30-,46-43-. The zero-order chi connectivity index (χ0) is 55.0. The largest absolute Gasteiger partial charge is 0.462 e. The normalized spacial score (nSPS) is 13.0. The molecular formula is C70H114O6. The first kappa shape index (κ1) is 71.5. The van der Waals surface area contributed by atoms with Crippen LogP contribution in [0.15, 0.2) is 134 Å². The van der Waals surface area contributed by atoms with E-state index in [4.69, 9.17) is 14.2 Å². The Hall–Kier alpha value is -4.45. The molecule has 6 nitrogen and oxygen atoms in total.